The maximum Gasteiger partial charge on any atom is 0.185 e. The summed E-state index contributed by atoms with van der Waals surface area (Å²) < 4.78 is 18.1. The first-order chi connectivity index (χ1) is 15.4. The largest absolute Gasteiger partial charge is 0.488 e. The summed E-state index contributed by atoms with van der Waals surface area (Å²) in [5, 5.41) is 0. The lowest BCUT2D eigenvalue weighted by Gasteiger charge is -2.30. The van der Waals surface area contributed by atoms with Crippen LogP contribution in [0.2, 0.25) is 0 Å². The highest BCUT2D eigenvalue weighted by molar-refractivity contribution is 6.07. The normalized spacial score (nSPS) is 12.5. The smallest absolute Gasteiger partial charge is 0.185 e. The number of allylic oxidation sites excluding steroid dienone is 2. The van der Waals surface area contributed by atoms with Gasteiger partial charge in [0.25, 0.3) is 0 Å². The van der Waals surface area contributed by atoms with Crippen molar-refractivity contribution in [1.29, 1.82) is 0 Å². The molecule has 0 N–H and O–H groups in total. The van der Waals surface area contributed by atoms with Gasteiger partial charge in [-0.15, -0.1) is 0 Å². The van der Waals surface area contributed by atoms with Gasteiger partial charge in [0.1, 0.15) is 28.5 Å². The molecule has 0 saturated heterocycles. The van der Waals surface area contributed by atoms with Crippen molar-refractivity contribution in [2.45, 2.75) is 85.9 Å². The van der Waals surface area contributed by atoms with Crippen LogP contribution in [0.25, 0.3) is 6.08 Å². The van der Waals surface area contributed by atoms with Crippen molar-refractivity contribution in [1.82, 2.24) is 0 Å². The van der Waals surface area contributed by atoms with Crippen LogP contribution in [-0.4, -0.2) is 17.0 Å². The molecule has 4 heteroatoms. The molecule has 0 aliphatic rings. The number of rotatable bonds is 7. The molecular formula is C30H40O4. The summed E-state index contributed by atoms with van der Waals surface area (Å²) in [6.45, 7) is 24.1. The summed E-state index contributed by atoms with van der Waals surface area (Å²) >= 11 is 0. The Morgan fingerprint density at radius 3 is 1.82 bits per heavy atom. The van der Waals surface area contributed by atoms with Gasteiger partial charge in [0.2, 0.25) is 0 Å². The Bertz CT molecular complexity index is 1050. The van der Waals surface area contributed by atoms with Crippen LogP contribution in [0.3, 0.4) is 0 Å². The van der Waals surface area contributed by atoms with Crippen molar-refractivity contribution in [3.63, 3.8) is 0 Å². The first-order valence-corrected chi connectivity index (χ1v) is 11.7. The molecule has 0 heterocycles. The molecule has 0 spiro atoms. The van der Waals surface area contributed by atoms with Gasteiger partial charge in [0.05, 0.1) is 5.76 Å². The summed E-state index contributed by atoms with van der Waals surface area (Å²) in [7, 11) is 0. The summed E-state index contributed by atoms with van der Waals surface area (Å²) in [5.74, 6) is 2.61. The molecule has 4 nitrogen and oxygen atoms in total. The Kier molecular flexibility index (Phi) is 8.08. The molecule has 2 rings (SSSR count). The van der Waals surface area contributed by atoms with E-state index < -0.39 is 5.60 Å². The lowest BCUT2D eigenvalue weighted by atomic mass is 9.85. The molecule has 2 aromatic rings. The van der Waals surface area contributed by atoms with E-state index in [9.17, 15) is 4.79 Å². The molecule has 0 radical (unpaired) electrons. The zero-order chi connectivity index (χ0) is 25.9. The number of hydrogen-bond donors (Lipinski definition) is 0. The van der Waals surface area contributed by atoms with Crippen molar-refractivity contribution in [3.05, 3.63) is 71.5 Å². The van der Waals surface area contributed by atoms with Gasteiger partial charge in [0.15, 0.2) is 5.78 Å². The quantitative estimate of drug-likeness (QED) is 0.236. The van der Waals surface area contributed by atoms with Gasteiger partial charge >= 0.3 is 0 Å². The number of hydrogen-bond acceptors (Lipinski definition) is 4. The van der Waals surface area contributed by atoms with E-state index in [-0.39, 0.29) is 16.8 Å². The molecule has 0 aromatic heterocycles. The fraction of sp³-hybridized carbons (Fsp3) is 0.433. The Labute approximate surface area is 205 Å². The second-order valence-corrected chi connectivity index (χ2v) is 11.6. The van der Waals surface area contributed by atoms with Gasteiger partial charge in [-0.25, -0.2) is 0 Å². The topological polar surface area (TPSA) is 44.8 Å². The van der Waals surface area contributed by atoms with E-state index in [2.05, 4.69) is 33.4 Å². The molecule has 0 amide bonds. The van der Waals surface area contributed by atoms with Crippen LogP contribution in [0.5, 0.6) is 17.2 Å². The zero-order valence-corrected chi connectivity index (χ0v) is 22.5. The summed E-state index contributed by atoms with van der Waals surface area (Å²) in [6.07, 6.45) is 3.40. The molecular weight excluding hydrogens is 424 g/mol. The van der Waals surface area contributed by atoms with Crippen molar-refractivity contribution in [2.24, 2.45) is 0 Å². The molecule has 0 aliphatic carbocycles. The van der Waals surface area contributed by atoms with E-state index in [0.29, 0.717) is 22.8 Å². The molecule has 0 unspecified atom stereocenters. The van der Waals surface area contributed by atoms with Gasteiger partial charge in [-0.2, -0.15) is 0 Å². The van der Waals surface area contributed by atoms with Gasteiger partial charge in [0, 0.05) is 22.8 Å². The Morgan fingerprint density at radius 2 is 1.35 bits per heavy atom. The molecule has 0 fully saturated rings. The average Bonchev–Trinajstić information content (AvgIpc) is 2.63. The van der Waals surface area contributed by atoms with Gasteiger partial charge in [-0.05, 0) is 96.4 Å². The van der Waals surface area contributed by atoms with Crippen LogP contribution in [0, 0.1) is 0 Å². The summed E-state index contributed by atoms with van der Waals surface area (Å²) in [6, 6.07) is 11.0. The molecule has 34 heavy (non-hydrogen) atoms. The van der Waals surface area contributed by atoms with E-state index in [1.165, 1.54) is 0 Å². The Morgan fingerprint density at radius 1 is 0.824 bits per heavy atom. The minimum atomic E-state index is -0.409. The summed E-state index contributed by atoms with van der Waals surface area (Å²) in [5.41, 5.74) is 1.54. The maximum atomic E-state index is 12.9. The number of ether oxygens (including phenoxy) is 3. The molecule has 0 bridgehead atoms. The second-order valence-electron chi connectivity index (χ2n) is 11.6. The zero-order valence-electron chi connectivity index (χ0n) is 22.5. The van der Waals surface area contributed by atoms with Gasteiger partial charge in [-0.1, -0.05) is 27.4 Å². The molecule has 0 saturated carbocycles. The second kappa shape index (κ2) is 10.1. The number of carbonyl (C=O) groups excluding carboxylic acids is 1. The van der Waals surface area contributed by atoms with Crippen LogP contribution in [0.4, 0.5) is 0 Å². The SMILES string of the molecule is C=C(C)Oc1ccc(C(=O)C=Cc2cc(C(C)(C)C)c(OC(C)(C)C)cc2OC(C)(C)C)cc1. The number of ketones is 1. The van der Waals surface area contributed by atoms with Gasteiger partial charge < -0.3 is 14.2 Å². The first-order valence-electron chi connectivity index (χ1n) is 11.7. The van der Waals surface area contributed by atoms with Crippen molar-refractivity contribution < 1.29 is 19.0 Å². The third kappa shape index (κ3) is 8.40. The van der Waals surface area contributed by atoms with Crippen molar-refractivity contribution in [2.75, 3.05) is 0 Å². The van der Waals surface area contributed by atoms with E-state index in [1.54, 1.807) is 37.3 Å². The fourth-order valence-corrected chi connectivity index (χ4v) is 3.28. The lowest BCUT2D eigenvalue weighted by molar-refractivity contribution is 0.104. The highest BCUT2D eigenvalue weighted by Gasteiger charge is 2.26. The highest BCUT2D eigenvalue weighted by Crippen LogP contribution is 2.40. The molecule has 184 valence electrons. The van der Waals surface area contributed by atoms with E-state index >= 15 is 0 Å². The van der Waals surface area contributed by atoms with E-state index in [0.717, 1.165) is 16.9 Å². The van der Waals surface area contributed by atoms with Crippen LogP contribution >= 0.6 is 0 Å². The maximum absolute atomic E-state index is 12.9. The molecule has 0 atom stereocenters. The van der Waals surface area contributed by atoms with Crippen molar-refractivity contribution in [3.8, 4) is 17.2 Å². The molecule has 0 aliphatic heterocycles. The fourth-order valence-electron chi connectivity index (χ4n) is 3.28. The first kappa shape index (κ1) is 27.2. The van der Waals surface area contributed by atoms with Crippen LogP contribution in [0.15, 0.2) is 54.8 Å². The van der Waals surface area contributed by atoms with Crippen LogP contribution < -0.4 is 14.2 Å². The average molecular weight is 465 g/mol. The Hall–Kier alpha value is -3.01. The highest BCUT2D eigenvalue weighted by atomic mass is 16.5. The predicted octanol–water partition coefficient (Wildman–Crippen LogP) is 8.15. The van der Waals surface area contributed by atoms with E-state index in [4.69, 9.17) is 14.2 Å². The van der Waals surface area contributed by atoms with Crippen molar-refractivity contribution >= 4 is 11.9 Å². The van der Waals surface area contributed by atoms with Gasteiger partial charge in [-0.3, -0.25) is 4.79 Å². The van der Waals surface area contributed by atoms with Crippen LogP contribution in [-0.2, 0) is 5.41 Å². The molecule has 2 aromatic carbocycles. The number of carbonyl (C=O) groups is 1. The third-order valence-electron chi connectivity index (χ3n) is 4.60. The lowest BCUT2D eigenvalue weighted by Crippen LogP contribution is -2.27. The number of benzene rings is 2. The monoisotopic (exact) mass is 464 g/mol. The standard InChI is InChI=1S/C30H40O4/c1-20(2)32-23-15-12-21(13-16-23)25(31)17-14-22-18-24(28(3,4)5)27(34-30(9,10)11)19-26(22)33-29(6,7)8/h12-19H,1H2,2-11H3. The minimum absolute atomic E-state index is 0.101. The predicted molar refractivity (Wildman–Crippen MR) is 141 cm³/mol. The van der Waals surface area contributed by atoms with E-state index in [1.807, 2.05) is 53.7 Å². The minimum Gasteiger partial charge on any atom is -0.488 e. The third-order valence-corrected chi connectivity index (χ3v) is 4.60. The summed E-state index contributed by atoms with van der Waals surface area (Å²) in [4.78, 5) is 12.9. The van der Waals surface area contributed by atoms with Crippen LogP contribution in [0.1, 0.15) is 90.7 Å². The Balaban J connectivity index is 2.49.